The van der Waals surface area contributed by atoms with Gasteiger partial charge in [-0.3, -0.25) is 0 Å². The summed E-state index contributed by atoms with van der Waals surface area (Å²) in [6.07, 6.45) is 0.607. The van der Waals surface area contributed by atoms with Gasteiger partial charge in [0.2, 0.25) is 0 Å². The molecule has 5 rings (SSSR count). The number of H-pyrrole nitrogens is 1. The monoisotopic (exact) mass is 530 g/mol. The summed E-state index contributed by atoms with van der Waals surface area (Å²) in [6, 6.07) is 20.6. The number of aromatic amines is 1. The number of benzene rings is 3. The molecule has 1 atom stereocenters. The molecule has 0 spiro atoms. The van der Waals surface area contributed by atoms with Gasteiger partial charge >= 0.3 is 206 Å². The number of pyridine rings is 1. The van der Waals surface area contributed by atoms with E-state index in [2.05, 4.69) is 30.9 Å². The average molecular weight is 530 g/mol. The van der Waals surface area contributed by atoms with Crippen molar-refractivity contribution in [1.29, 1.82) is 0 Å². The molecule has 5 aromatic rings. The second-order valence-corrected chi connectivity index (χ2v) is 10.2. The molecule has 1 unspecified atom stereocenters. The van der Waals surface area contributed by atoms with E-state index in [9.17, 15) is 4.79 Å². The van der Waals surface area contributed by atoms with Crippen molar-refractivity contribution >= 4 is 47.1 Å². The molecule has 0 bridgehead atoms. The number of methoxy groups -OCH3 is 1. The predicted molar refractivity (Wildman–Crippen MR) is 132 cm³/mol. The fourth-order valence-electron chi connectivity index (χ4n) is 3.63. The number of anilines is 1. The summed E-state index contributed by atoms with van der Waals surface area (Å²) in [6.45, 7) is 0. The summed E-state index contributed by atoms with van der Waals surface area (Å²) < 4.78 is 13.8. The predicted octanol–water partition coefficient (Wildman–Crippen LogP) is 2.69. The molecule has 0 saturated heterocycles. The van der Waals surface area contributed by atoms with Crippen LogP contribution in [0.15, 0.2) is 72.9 Å². The van der Waals surface area contributed by atoms with Gasteiger partial charge in [-0.1, -0.05) is 0 Å². The first-order valence-corrected chi connectivity index (χ1v) is 12.5. The van der Waals surface area contributed by atoms with E-state index < -0.39 is 21.8 Å². The third kappa shape index (κ3) is 4.92. The van der Waals surface area contributed by atoms with Crippen LogP contribution < -0.4 is 23.6 Å². The Hall–Kier alpha value is -4.43. The zero-order valence-electron chi connectivity index (χ0n) is 18.4. The second-order valence-electron chi connectivity index (χ2n) is 7.34. The molecule has 0 aliphatic heterocycles. The Kier molecular flexibility index (Phi) is 6.28. The summed E-state index contributed by atoms with van der Waals surface area (Å²) in [5.41, 5.74) is 1.26. The first-order valence-electron chi connectivity index (χ1n) is 10.5. The number of hydrogen-bond acceptors (Lipinski definition) is 7. The van der Waals surface area contributed by atoms with Gasteiger partial charge < -0.3 is 0 Å². The van der Waals surface area contributed by atoms with Crippen LogP contribution in [0.25, 0.3) is 22.2 Å². The minimum atomic E-state index is -1.12. The van der Waals surface area contributed by atoms with E-state index in [0.717, 1.165) is 25.2 Å². The molecule has 174 valence electrons. The maximum absolute atomic E-state index is 11.1. The zero-order valence-corrected chi connectivity index (χ0v) is 20.5. The van der Waals surface area contributed by atoms with Crippen LogP contribution >= 0.6 is 0 Å². The number of rotatable bonds is 7. The van der Waals surface area contributed by atoms with Gasteiger partial charge in [0, 0.05) is 0 Å². The van der Waals surface area contributed by atoms with Gasteiger partial charge in [0.05, 0.1) is 0 Å². The molecule has 0 saturated carbocycles. The molecule has 0 aliphatic carbocycles. The van der Waals surface area contributed by atoms with Crippen molar-refractivity contribution in [2.75, 3.05) is 12.4 Å². The van der Waals surface area contributed by atoms with Crippen LogP contribution in [0.1, 0.15) is 0 Å². The van der Waals surface area contributed by atoms with Crippen LogP contribution in [0, 0.1) is 0 Å². The number of ether oxygens (including phenoxy) is 2. The van der Waals surface area contributed by atoms with Crippen molar-refractivity contribution in [1.82, 2.24) is 25.6 Å². The Morgan fingerprint density at radius 2 is 1.89 bits per heavy atom. The molecule has 0 fully saturated rings. The Morgan fingerprint density at radius 1 is 1.03 bits per heavy atom. The second kappa shape index (κ2) is 9.82. The molecule has 3 N–H and O–H groups in total. The van der Waals surface area contributed by atoms with Crippen LogP contribution in [0.2, 0.25) is 0 Å². The van der Waals surface area contributed by atoms with Crippen LogP contribution in [0.4, 0.5) is 10.5 Å². The Morgan fingerprint density at radius 3 is 2.66 bits per heavy atom. The number of fused-ring (bicyclic) bond motifs is 1. The molecular formula is C24H19AsN6O4. The SMILES string of the molecule is COc1cc([AsH]c2cc(Oc3ccc(NC(=O)O)c4ccccc34)ccn2)ccc1-c1nn[nH]n1. The quantitative estimate of drug-likeness (QED) is 0.274. The van der Waals surface area contributed by atoms with Gasteiger partial charge in [-0.2, -0.15) is 0 Å². The van der Waals surface area contributed by atoms with Crippen LogP contribution in [-0.4, -0.2) is 59.7 Å². The summed E-state index contributed by atoms with van der Waals surface area (Å²) in [4.78, 5) is 15.7. The Balaban J connectivity index is 1.40. The third-order valence-corrected chi connectivity index (χ3v) is 7.51. The molecule has 11 heteroatoms. The summed E-state index contributed by atoms with van der Waals surface area (Å²) >= 11 is -0.781. The summed E-state index contributed by atoms with van der Waals surface area (Å²) in [7, 11) is 1.61. The van der Waals surface area contributed by atoms with E-state index in [1.165, 1.54) is 0 Å². The van der Waals surface area contributed by atoms with Crippen LogP contribution in [-0.2, 0) is 0 Å². The molecular weight excluding hydrogens is 511 g/mol. The van der Waals surface area contributed by atoms with E-state index in [1.54, 1.807) is 31.5 Å². The van der Waals surface area contributed by atoms with Crippen molar-refractivity contribution in [2.24, 2.45) is 0 Å². The maximum atomic E-state index is 11.1. The van der Waals surface area contributed by atoms with E-state index >= 15 is 0 Å². The van der Waals surface area contributed by atoms with Crippen molar-refractivity contribution in [3.05, 3.63) is 72.9 Å². The summed E-state index contributed by atoms with van der Waals surface area (Å²) in [5, 5.41) is 27.2. The van der Waals surface area contributed by atoms with Crippen LogP contribution in [0.5, 0.6) is 17.2 Å². The van der Waals surface area contributed by atoms with Gasteiger partial charge in [-0.15, -0.1) is 0 Å². The fourth-order valence-corrected chi connectivity index (χ4v) is 5.77. The van der Waals surface area contributed by atoms with E-state index in [0.29, 0.717) is 28.8 Å². The number of carbonyl (C=O) groups is 1. The first-order chi connectivity index (χ1) is 17.1. The standard InChI is InChI=1S/C24H19AsN6O4/c1-34-21-12-14(6-7-18(21)23-28-30-31-29-23)25-22-13-15(10-11-26-22)35-20-9-8-19(27-24(32)33)16-4-2-3-5-17(16)20/h2-13,25,27H,1H3,(H,32,33)(H,28,29,30,31). The molecule has 3 aromatic carbocycles. The molecule has 2 aromatic heterocycles. The van der Waals surface area contributed by atoms with Gasteiger partial charge in [-0.25, -0.2) is 0 Å². The topological polar surface area (TPSA) is 135 Å². The van der Waals surface area contributed by atoms with Gasteiger partial charge in [0.1, 0.15) is 0 Å². The van der Waals surface area contributed by atoms with E-state index in [1.807, 2.05) is 48.5 Å². The molecule has 1 amide bonds. The number of carboxylic acid groups (broad SMARTS) is 1. The summed E-state index contributed by atoms with van der Waals surface area (Å²) in [5.74, 6) is 2.42. The van der Waals surface area contributed by atoms with Gasteiger partial charge in [-0.05, 0) is 0 Å². The van der Waals surface area contributed by atoms with Gasteiger partial charge in [0.15, 0.2) is 0 Å². The van der Waals surface area contributed by atoms with Crippen LogP contribution in [0.3, 0.4) is 0 Å². The Bertz CT molecular complexity index is 1510. The minimum absolute atomic E-state index is 0.471. The first kappa shape index (κ1) is 22.4. The molecule has 35 heavy (non-hydrogen) atoms. The number of aromatic nitrogens is 5. The van der Waals surface area contributed by atoms with Crippen molar-refractivity contribution < 1.29 is 19.4 Å². The third-order valence-electron chi connectivity index (χ3n) is 5.15. The van der Waals surface area contributed by atoms with Crippen molar-refractivity contribution in [2.45, 2.75) is 0 Å². The van der Waals surface area contributed by atoms with Gasteiger partial charge in [0.25, 0.3) is 0 Å². The van der Waals surface area contributed by atoms with Crippen molar-refractivity contribution in [3.63, 3.8) is 0 Å². The molecule has 0 radical (unpaired) electrons. The van der Waals surface area contributed by atoms with E-state index in [-0.39, 0.29) is 0 Å². The number of hydrogen-bond donors (Lipinski definition) is 3. The number of amides is 1. The number of nitrogens with one attached hydrogen (secondary N) is 2. The average Bonchev–Trinajstić information content (AvgIpc) is 3.40. The zero-order chi connectivity index (χ0) is 24.2. The normalized spacial score (nSPS) is 11.1. The molecule has 2 heterocycles. The number of nitrogens with zero attached hydrogens (tertiary/aromatic N) is 4. The van der Waals surface area contributed by atoms with Crippen molar-refractivity contribution in [3.8, 4) is 28.6 Å². The molecule has 0 aliphatic rings. The number of tetrazole rings is 1. The van der Waals surface area contributed by atoms with E-state index in [4.69, 9.17) is 14.6 Å². The molecule has 10 nitrogen and oxygen atoms in total. The fraction of sp³-hybridized carbons (Fsp3) is 0.0417. The Labute approximate surface area is 206 Å².